The number of benzene rings is 1. The summed E-state index contributed by atoms with van der Waals surface area (Å²) in [6.45, 7) is 4.88. The van der Waals surface area contributed by atoms with Crippen molar-refractivity contribution in [1.82, 2.24) is 14.8 Å². The third-order valence-electron chi connectivity index (χ3n) is 6.32. The lowest BCUT2D eigenvalue weighted by atomic mass is 9.97. The molecule has 2 aliphatic rings. The molecule has 2 aromatic rings. The first-order valence-electron chi connectivity index (χ1n) is 11.3. The largest absolute Gasteiger partial charge is 0.483 e. The van der Waals surface area contributed by atoms with E-state index in [4.69, 9.17) is 19.8 Å². The van der Waals surface area contributed by atoms with Crippen LogP contribution in [0.1, 0.15) is 24.0 Å². The van der Waals surface area contributed by atoms with Gasteiger partial charge in [0.2, 0.25) is 0 Å². The maximum Gasteiger partial charge on any atom is 0.290 e. The van der Waals surface area contributed by atoms with Crippen LogP contribution >= 0.6 is 0 Å². The van der Waals surface area contributed by atoms with Gasteiger partial charge in [0.15, 0.2) is 0 Å². The summed E-state index contributed by atoms with van der Waals surface area (Å²) >= 11 is 0. The van der Waals surface area contributed by atoms with Crippen molar-refractivity contribution in [3.05, 3.63) is 66.0 Å². The fourth-order valence-electron chi connectivity index (χ4n) is 4.65. The fourth-order valence-corrected chi connectivity index (χ4v) is 4.65. The monoisotopic (exact) mass is 457 g/mol. The van der Waals surface area contributed by atoms with Crippen LogP contribution in [0.4, 0.5) is 0 Å². The van der Waals surface area contributed by atoms with Crippen LogP contribution < -0.4 is 0 Å². The second kappa shape index (κ2) is 15.1. The van der Waals surface area contributed by atoms with Crippen LogP contribution in [0, 0.1) is 5.92 Å². The van der Waals surface area contributed by atoms with Crippen molar-refractivity contribution in [2.24, 2.45) is 5.92 Å². The minimum Gasteiger partial charge on any atom is -0.483 e. The van der Waals surface area contributed by atoms with E-state index in [-0.39, 0.29) is 19.0 Å². The Morgan fingerprint density at radius 2 is 1.52 bits per heavy atom. The molecule has 8 nitrogen and oxygen atoms in total. The highest BCUT2D eigenvalue weighted by molar-refractivity contribution is 5.33. The smallest absolute Gasteiger partial charge is 0.290 e. The van der Waals surface area contributed by atoms with Crippen molar-refractivity contribution in [3.8, 4) is 0 Å². The first kappa shape index (κ1) is 26.4. The summed E-state index contributed by atoms with van der Waals surface area (Å²) in [6, 6.07) is 15.6. The lowest BCUT2D eigenvalue weighted by Crippen LogP contribution is -2.44. The number of hydrogen-bond donors (Lipinski definition) is 3. The summed E-state index contributed by atoms with van der Waals surface area (Å²) in [5.41, 5.74) is 2.72. The highest BCUT2D eigenvalue weighted by Crippen LogP contribution is 2.27. The summed E-state index contributed by atoms with van der Waals surface area (Å²) in [6.07, 6.45) is 8.04. The molecular formula is C25H35N3O5. The number of aliphatic hydroxyl groups is 1. The molecule has 180 valence electrons. The average molecular weight is 458 g/mol. The van der Waals surface area contributed by atoms with Gasteiger partial charge in [-0.25, -0.2) is 0 Å². The molecule has 3 heterocycles. The van der Waals surface area contributed by atoms with Gasteiger partial charge in [-0.15, -0.1) is 0 Å². The van der Waals surface area contributed by atoms with E-state index in [1.807, 2.05) is 12.4 Å². The van der Waals surface area contributed by atoms with E-state index >= 15 is 0 Å². The first-order valence-corrected chi connectivity index (χ1v) is 11.3. The van der Waals surface area contributed by atoms with Gasteiger partial charge in [0.05, 0.1) is 6.10 Å². The van der Waals surface area contributed by atoms with E-state index < -0.39 is 0 Å². The van der Waals surface area contributed by atoms with E-state index in [1.165, 1.54) is 37.1 Å². The Morgan fingerprint density at radius 1 is 0.909 bits per heavy atom. The Morgan fingerprint density at radius 3 is 2.12 bits per heavy atom. The fraction of sp³-hybridized carbons (Fsp3) is 0.480. The van der Waals surface area contributed by atoms with E-state index in [0.717, 1.165) is 32.5 Å². The topological polar surface area (TPSA) is 114 Å². The molecule has 0 spiro atoms. The molecule has 33 heavy (non-hydrogen) atoms. The number of aromatic nitrogens is 1. The molecule has 2 aliphatic heterocycles. The number of carbonyl (C=O) groups is 2. The van der Waals surface area contributed by atoms with Gasteiger partial charge < -0.3 is 20.2 Å². The molecule has 4 rings (SSSR count). The van der Waals surface area contributed by atoms with Gasteiger partial charge in [-0.3, -0.25) is 19.5 Å². The summed E-state index contributed by atoms with van der Waals surface area (Å²) < 4.78 is 0. The second-order valence-electron chi connectivity index (χ2n) is 8.36. The molecule has 1 aromatic carbocycles. The van der Waals surface area contributed by atoms with E-state index in [2.05, 4.69) is 57.2 Å². The number of nitrogens with zero attached hydrogens (tertiary/aromatic N) is 3. The Labute approximate surface area is 195 Å². The maximum atomic E-state index is 10.5. The van der Waals surface area contributed by atoms with Crippen LogP contribution in [0.5, 0.6) is 0 Å². The molecule has 0 saturated carbocycles. The summed E-state index contributed by atoms with van der Waals surface area (Å²) in [4.78, 5) is 26.0. The summed E-state index contributed by atoms with van der Waals surface area (Å²) in [5, 5.41) is 24.3. The lowest BCUT2D eigenvalue weighted by Gasteiger charge is -2.36. The normalized spacial score (nSPS) is 21.2. The number of rotatable bonds is 6. The minimum absolute atomic E-state index is 0.200. The average Bonchev–Trinajstić information content (AvgIpc) is 3.20. The Hall–Kier alpha value is -2.81. The number of β-amino-alcohol motifs (C(OH)–C–C–N with tert-alkyl or cyclic N) is 1. The molecule has 0 aliphatic carbocycles. The highest BCUT2D eigenvalue weighted by atomic mass is 16.3. The summed E-state index contributed by atoms with van der Waals surface area (Å²) in [5.74, 6) is 0.350. The van der Waals surface area contributed by atoms with E-state index in [9.17, 15) is 5.11 Å². The number of likely N-dealkylation sites (tertiary alicyclic amines) is 2. The number of hydrogen-bond acceptors (Lipinski definition) is 6. The van der Waals surface area contributed by atoms with Crippen LogP contribution in [0.25, 0.3) is 0 Å². The van der Waals surface area contributed by atoms with Crippen LogP contribution in [0.3, 0.4) is 0 Å². The molecule has 8 heteroatoms. The first-order chi connectivity index (χ1) is 16.1. The van der Waals surface area contributed by atoms with Gasteiger partial charge in [-0.2, -0.15) is 0 Å². The van der Waals surface area contributed by atoms with Crippen molar-refractivity contribution < 1.29 is 24.9 Å². The molecule has 0 amide bonds. The highest BCUT2D eigenvalue weighted by Gasteiger charge is 2.36. The molecule has 0 unspecified atom stereocenters. The van der Waals surface area contributed by atoms with Crippen molar-refractivity contribution in [3.63, 3.8) is 0 Å². The number of aliphatic hydroxyl groups excluding tert-OH is 1. The number of pyridine rings is 1. The molecule has 0 radical (unpaired) electrons. The third kappa shape index (κ3) is 9.29. The molecule has 1 aromatic heterocycles. The predicted molar refractivity (Wildman–Crippen MR) is 126 cm³/mol. The van der Waals surface area contributed by atoms with Crippen LogP contribution in [0.2, 0.25) is 0 Å². The second-order valence-corrected chi connectivity index (χ2v) is 8.36. The van der Waals surface area contributed by atoms with Crippen LogP contribution in [-0.4, -0.2) is 87.9 Å². The Balaban J connectivity index is 0.000000582. The SMILES string of the molecule is O=CO.O=CO.O[C@H]1CN(C2CCN(CCc3ccccc3)CC2)C[C@H]1Cc1ccncc1. The maximum absolute atomic E-state index is 10.5. The van der Waals surface area contributed by atoms with Gasteiger partial charge in [0, 0.05) is 44.0 Å². The van der Waals surface area contributed by atoms with E-state index in [0.29, 0.717) is 12.0 Å². The van der Waals surface area contributed by atoms with Crippen molar-refractivity contribution in [1.29, 1.82) is 0 Å². The van der Waals surface area contributed by atoms with Gasteiger partial charge in [-0.05, 0) is 62.0 Å². The van der Waals surface area contributed by atoms with Crippen LogP contribution in [0.15, 0.2) is 54.9 Å². The lowest BCUT2D eigenvalue weighted by molar-refractivity contribution is -0.123. The van der Waals surface area contributed by atoms with Crippen molar-refractivity contribution in [2.45, 2.75) is 37.8 Å². The standard InChI is InChI=1S/C23H31N3O.2CH2O2/c27-23-18-26(17-21(23)16-20-6-11-24-12-7-20)22-9-14-25(15-10-22)13-8-19-4-2-1-3-5-19;2*2-1-3/h1-7,11-12,21-23,27H,8-10,13-18H2;2*1H,(H,2,3)/t21-,23+;;/m1../s1. The van der Waals surface area contributed by atoms with Crippen molar-refractivity contribution in [2.75, 3.05) is 32.7 Å². The van der Waals surface area contributed by atoms with E-state index in [1.54, 1.807) is 0 Å². The zero-order valence-electron chi connectivity index (χ0n) is 18.9. The van der Waals surface area contributed by atoms with Crippen molar-refractivity contribution >= 4 is 12.9 Å². The zero-order valence-corrected chi connectivity index (χ0v) is 18.9. The minimum atomic E-state index is -0.250. The molecule has 2 saturated heterocycles. The molecule has 0 bridgehead atoms. The van der Waals surface area contributed by atoms with Gasteiger partial charge in [0.25, 0.3) is 12.9 Å². The summed E-state index contributed by atoms with van der Waals surface area (Å²) in [7, 11) is 0. The van der Waals surface area contributed by atoms with Gasteiger partial charge in [-0.1, -0.05) is 30.3 Å². The van der Waals surface area contributed by atoms with Gasteiger partial charge in [0.1, 0.15) is 0 Å². The quantitative estimate of drug-likeness (QED) is 0.565. The Kier molecular flexibility index (Phi) is 12.1. The van der Waals surface area contributed by atoms with Crippen LogP contribution in [-0.2, 0) is 22.4 Å². The number of carboxylic acid groups (broad SMARTS) is 2. The van der Waals surface area contributed by atoms with Gasteiger partial charge >= 0.3 is 0 Å². The molecule has 2 atom stereocenters. The number of piperidine rings is 1. The third-order valence-corrected chi connectivity index (χ3v) is 6.32. The zero-order chi connectivity index (χ0) is 23.9. The molecular weight excluding hydrogens is 422 g/mol. The molecule has 3 N–H and O–H groups in total. The Bertz CT molecular complexity index is 779. The predicted octanol–water partition coefficient (Wildman–Crippen LogP) is 2.03. The molecule has 2 fully saturated rings.